The van der Waals surface area contributed by atoms with Gasteiger partial charge < -0.3 is 14.6 Å². The van der Waals surface area contributed by atoms with Crippen molar-refractivity contribution in [1.29, 1.82) is 0 Å². The lowest BCUT2D eigenvalue weighted by molar-refractivity contribution is -0.137. The molecule has 2 aromatic carbocycles. The fourth-order valence-electron chi connectivity index (χ4n) is 4.25. The van der Waals surface area contributed by atoms with E-state index >= 15 is 0 Å². The van der Waals surface area contributed by atoms with Gasteiger partial charge >= 0.3 is 5.97 Å². The van der Waals surface area contributed by atoms with Crippen LogP contribution < -0.4 is 9.47 Å². The minimum Gasteiger partial charge on any atom is -0.497 e. The van der Waals surface area contributed by atoms with Gasteiger partial charge in [-0.3, -0.25) is 4.79 Å². The number of carbonyl (C=O) groups is 1. The van der Waals surface area contributed by atoms with E-state index in [1.165, 1.54) is 65.3 Å². The van der Waals surface area contributed by atoms with Crippen LogP contribution in [0.15, 0.2) is 54.6 Å². The van der Waals surface area contributed by atoms with E-state index < -0.39 is 5.97 Å². The predicted molar refractivity (Wildman–Crippen MR) is 134 cm³/mol. The zero-order valence-corrected chi connectivity index (χ0v) is 19.9. The minimum atomic E-state index is -0.674. The summed E-state index contributed by atoms with van der Waals surface area (Å²) in [5.74, 6) is 1.27. The number of carboxylic acid groups (broad SMARTS) is 1. The third-order valence-electron chi connectivity index (χ3n) is 6.28. The molecule has 0 saturated carbocycles. The molecule has 4 rings (SSSR count). The van der Waals surface area contributed by atoms with Crippen LogP contribution in [-0.2, 0) is 11.2 Å². The van der Waals surface area contributed by atoms with Crippen LogP contribution in [0.25, 0.3) is 10.8 Å². The van der Waals surface area contributed by atoms with E-state index in [-0.39, 0.29) is 0 Å². The molecule has 0 saturated heterocycles. The van der Waals surface area contributed by atoms with Crippen molar-refractivity contribution >= 4 is 16.7 Å². The number of aliphatic carboxylic acids is 1. The predicted octanol–water partition coefficient (Wildman–Crippen LogP) is 7.28. The van der Waals surface area contributed by atoms with Crippen LogP contribution in [0.3, 0.4) is 0 Å². The molecule has 0 amide bonds. The van der Waals surface area contributed by atoms with Crippen molar-refractivity contribution in [2.24, 2.45) is 0 Å². The van der Waals surface area contributed by atoms with Crippen LogP contribution in [-0.4, -0.2) is 25.3 Å². The minimum absolute atomic E-state index is 0.316. The van der Waals surface area contributed by atoms with E-state index in [0.717, 1.165) is 30.8 Å². The fraction of sp³-hybridized carbons (Fsp3) is 0.414. The maximum absolute atomic E-state index is 10.4. The summed E-state index contributed by atoms with van der Waals surface area (Å²) in [5.41, 5.74) is 1.42. The Labute approximate surface area is 196 Å². The summed E-state index contributed by atoms with van der Waals surface area (Å²) in [6.07, 6.45) is 10.7. The first-order valence-corrected chi connectivity index (χ1v) is 12.1. The molecule has 2 aromatic rings. The monoisotopic (exact) mass is 448 g/mol. The Balaban J connectivity index is 0.000000316. The van der Waals surface area contributed by atoms with Gasteiger partial charge in [-0.15, -0.1) is 0 Å². The van der Waals surface area contributed by atoms with E-state index in [0.29, 0.717) is 6.42 Å². The molecule has 2 aliphatic rings. The molecule has 176 valence electrons. The number of carboxylic acids is 1. The van der Waals surface area contributed by atoms with E-state index in [1.54, 1.807) is 14.2 Å². The average molecular weight is 449 g/mol. The number of methoxy groups -OCH3 is 2. The van der Waals surface area contributed by atoms with Crippen molar-refractivity contribution in [3.8, 4) is 11.5 Å². The topological polar surface area (TPSA) is 55.8 Å². The number of rotatable bonds is 13. The number of fused-ring (bicyclic) bond motifs is 1. The SMILES string of the molecule is COc1cc2ccc1=2.COc1ccc2c(CCCCCCCCCCC(=O)O)cccc2c1. The van der Waals surface area contributed by atoms with Gasteiger partial charge in [0.25, 0.3) is 0 Å². The molecule has 0 aromatic heterocycles. The standard InChI is InChI=1S/C22H30O3.C7H6O/c1-25-20-15-16-21-18(12-10-13-19(21)17-20)11-8-6-4-2-3-5-7-9-14-22(23)24;1-8-7-4-5-2-3-6(5)7/h10,12-13,15-17H,2-9,11,14H2,1H3,(H,23,24);2-4H,1H3. The summed E-state index contributed by atoms with van der Waals surface area (Å²) in [6, 6.07) is 19.0. The number of hydrogen-bond acceptors (Lipinski definition) is 3. The van der Waals surface area contributed by atoms with E-state index in [4.69, 9.17) is 14.6 Å². The van der Waals surface area contributed by atoms with Crippen molar-refractivity contribution in [3.05, 3.63) is 70.6 Å². The molecule has 0 heterocycles. The van der Waals surface area contributed by atoms with Crippen LogP contribution in [0.2, 0.25) is 0 Å². The summed E-state index contributed by atoms with van der Waals surface area (Å²) in [7, 11) is 3.40. The molecular formula is C29H36O4. The lowest BCUT2D eigenvalue weighted by Gasteiger charge is -2.08. The van der Waals surface area contributed by atoms with Gasteiger partial charge in [0.15, 0.2) is 0 Å². The molecule has 0 bridgehead atoms. The van der Waals surface area contributed by atoms with Gasteiger partial charge in [0.2, 0.25) is 0 Å². The third-order valence-corrected chi connectivity index (χ3v) is 6.28. The van der Waals surface area contributed by atoms with Crippen LogP contribution in [0.5, 0.6) is 11.5 Å². The van der Waals surface area contributed by atoms with Gasteiger partial charge in [-0.05, 0) is 59.0 Å². The van der Waals surface area contributed by atoms with Gasteiger partial charge in [0, 0.05) is 11.6 Å². The van der Waals surface area contributed by atoms with Gasteiger partial charge in [0.05, 0.1) is 14.2 Å². The molecule has 0 spiro atoms. The third kappa shape index (κ3) is 7.24. The van der Waals surface area contributed by atoms with E-state index in [2.05, 4.69) is 42.5 Å². The molecule has 0 radical (unpaired) electrons. The second kappa shape index (κ2) is 12.9. The van der Waals surface area contributed by atoms with Crippen molar-refractivity contribution in [2.45, 2.75) is 64.2 Å². The van der Waals surface area contributed by atoms with E-state index in [9.17, 15) is 4.79 Å². The van der Waals surface area contributed by atoms with Gasteiger partial charge in [-0.1, -0.05) is 74.9 Å². The normalized spacial score (nSPS) is 11.0. The Bertz CT molecular complexity index is 1140. The van der Waals surface area contributed by atoms with Crippen LogP contribution in [0.4, 0.5) is 0 Å². The summed E-state index contributed by atoms with van der Waals surface area (Å²) >= 11 is 0. The average Bonchev–Trinajstić information content (AvgIpc) is 2.81. The molecule has 0 unspecified atom stereocenters. The van der Waals surface area contributed by atoms with Crippen molar-refractivity contribution in [3.63, 3.8) is 0 Å². The fourth-order valence-corrected chi connectivity index (χ4v) is 4.25. The molecule has 0 aliphatic heterocycles. The largest absolute Gasteiger partial charge is 0.497 e. The summed E-state index contributed by atoms with van der Waals surface area (Å²) in [6.45, 7) is 0. The summed E-state index contributed by atoms with van der Waals surface area (Å²) in [4.78, 5) is 10.4. The van der Waals surface area contributed by atoms with Crippen LogP contribution in [0.1, 0.15) is 63.4 Å². The van der Waals surface area contributed by atoms with Crippen LogP contribution in [0, 0.1) is 10.4 Å². The highest BCUT2D eigenvalue weighted by molar-refractivity contribution is 5.87. The Hall–Kier alpha value is -3.01. The van der Waals surface area contributed by atoms with Gasteiger partial charge in [-0.2, -0.15) is 0 Å². The quantitative estimate of drug-likeness (QED) is 0.218. The first-order chi connectivity index (χ1) is 16.1. The molecule has 4 heteroatoms. The molecule has 0 fully saturated rings. The molecule has 4 nitrogen and oxygen atoms in total. The Morgan fingerprint density at radius 2 is 1.52 bits per heavy atom. The zero-order valence-electron chi connectivity index (χ0n) is 19.9. The Morgan fingerprint density at radius 1 is 0.788 bits per heavy atom. The Morgan fingerprint density at radius 3 is 2.06 bits per heavy atom. The zero-order chi connectivity index (χ0) is 23.5. The Kier molecular flexibility index (Phi) is 9.61. The maximum Gasteiger partial charge on any atom is 0.303 e. The van der Waals surface area contributed by atoms with Crippen molar-refractivity contribution in [1.82, 2.24) is 0 Å². The second-order valence-electron chi connectivity index (χ2n) is 8.64. The number of benzene rings is 3. The number of ether oxygens (including phenoxy) is 2. The smallest absolute Gasteiger partial charge is 0.303 e. The number of hydrogen-bond donors (Lipinski definition) is 1. The molecule has 2 aliphatic carbocycles. The first-order valence-electron chi connectivity index (χ1n) is 12.1. The van der Waals surface area contributed by atoms with Crippen molar-refractivity contribution in [2.75, 3.05) is 14.2 Å². The molecular weight excluding hydrogens is 412 g/mol. The first kappa shape index (κ1) is 24.6. The summed E-state index contributed by atoms with van der Waals surface area (Å²) < 4.78 is 10.3. The second-order valence-corrected chi connectivity index (χ2v) is 8.64. The lowest BCUT2D eigenvalue weighted by atomic mass is 9.99. The van der Waals surface area contributed by atoms with Gasteiger partial charge in [-0.25, -0.2) is 0 Å². The molecule has 1 N–H and O–H groups in total. The number of unbranched alkanes of at least 4 members (excludes halogenated alkanes) is 7. The highest BCUT2D eigenvalue weighted by Crippen LogP contribution is 2.25. The highest BCUT2D eigenvalue weighted by Gasteiger charge is 2.04. The lowest BCUT2D eigenvalue weighted by Crippen LogP contribution is -1.93. The van der Waals surface area contributed by atoms with E-state index in [1.807, 2.05) is 12.1 Å². The highest BCUT2D eigenvalue weighted by atomic mass is 16.5. The molecule has 0 atom stereocenters. The number of aryl methyl sites for hydroxylation is 1. The van der Waals surface area contributed by atoms with Crippen LogP contribution >= 0.6 is 0 Å². The van der Waals surface area contributed by atoms with Gasteiger partial charge in [0.1, 0.15) is 11.5 Å². The molecule has 33 heavy (non-hydrogen) atoms. The summed E-state index contributed by atoms with van der Waals surface area (Å²) in [5, 5.41) is 13.8. The van der Waals surface area contributed by atoms with Crippen molar-refractivity contribution < 1.29 is 19.4 Å². The maximum atomic E-state index is 10.4.